The summed E-state index contributed by atoms with van der Waals surface area (Å²) in [5.74, 6) is 0.871. The lowest BCUT2D eigenvalue weighted by Crippen LogP contribution is -2.46. The molecule has 0 aromatic rings. The zero-order valence-electron chi connectivity index (χ0n) is 11.3. The maximum atomic E-state index is 12.1. The number of hydrogen-bond acceptors (Lipinski definition) is 2. The van der Waals surface area contributed by atoms with Crippen molar-refractivity contribution in [2.75, 3.05) is 6.54 Å². The SMILES string of the molecule is CC(N)CCC(=O)N1CCCCC1C(C)C.Cl. The van der Waals surface area contributed by atoms with Gasteiger partial charge in [0.05, 0.1) is 0 Å². The van der Waals surface area contributed by atoms with Crippen LogP contribution in [0.1, 0.15) is 52.9 Å². The number of nitrogens with zero attached hydrogens (tertiary/aromatic N) is 1. The van der Waals surface area contributed by atoms with Crippen molar-refractivity contribution in [1.82, 2.24) is 4.90 Å². The highest BCUT2D eigenvalue weighted by Crippen LogP contribution is 2.24. The van der Waals surface area contributed by atoms with Gasteiger partial charge in [0.25, 0.3) is 0 Å². The summed E-state index contributed by atoms with van der Waals surface area (Å²) in [6.45, 7) is 7.33. The van der Waals surface area contributed by atoms with Gasteiger partial charge < -0.3 is 10.6 Å². The number of likely N-dealkylation sites (tertiary alicyclic amines) is 1. The third-order valence-corrected chi connectivity index (χ3v) is 3.45. The van der Waals surface area contributed by atoms with Gasteiger partial charge in [-0.2, -0.15) is 0 Å². The van der Waals surface area contributed by atoms with Gasteiger partial charge in [0.2, 0.25) is 5.91 Å². The number of carbonyl (C=O) groups is 1. The summed E-state index contributed by atoms with van der Waals surface area (Å²) < 4.78 is 0. The van der Waals surface area contributed by atoms with E-state index in [0.717, 1.165) is 19.4 Å². The van der Waals surface area contributed by atoms with Gasteiger partial charge >= 0.3 is 0 Å². The third kappa shape index (κ3) is 5.26. The molecule has 1 heterocycles. The molecule has 4 heteroatoms. The first kappa shape index (κ1) is 16.7. The minimum Gasteiger partial charge on any atom is -0.339 e. The molecule has 1 aliphatic rings. The van der Waals surface area contributed by atoms with Gasteiger partial charge in [-0.25, -0.2) is 0 Å². The van der Waals surface area contributed by atoms with Gasteiger partial charge in [-0.05, 0) is 38.5 Å². The summed E-state index contributed by atoms with van der Waals surface area (Å²) in [6.07, 6.45) is 5.01. The Balaban J connectivity index is 0.00000256. The van der Waals surface area contributed by atoms with E-state index in [1.54, 1.807) is 0 Å². The van der Waals surface area contributed by atoms with Gasteiger partial charge in [0.1, 0.15) is 0 Å². The van der Waals surface area contributed by atoms with Crippen LogP contribution in [0.25, 0.3) is 0 Å². The molecule has 1 aliphatic heterocycles. The van der Waals surface area contributed by atoms with Crippen LogP contribution in [0.3, 0.4) is 0 Å². The fourth-order valence-electron chi connectivity index (χ4n) is 2.45. The van der Waals surface area contributed by atoms with E-state index in [4.69, 9.17) is 5.73 Å². The Bertz CT molecular complexity index is 231. The molecule has 3 nitrogen and oxygen atoms in total. The predicted molar refractivity (Wildman–Crippen MR) is 74.3 cm³/mol. The Morgan fingerprint density at radius 3 is 2.53 bits per heavy atom. The smallest absolute Gasteiger partial charge is 0.222 e. The molecular weight excluding hydrogens is 236 g/mol. The summed E-state index contributed by atoms with van der Waals surface area (Å²) >= 11 is 0. The van der Waals surface area contributed by atoms with Crippen LogP contribution in [0.15, 0.2) is 0 Å². The van der Waals surface area contributed by atoms with Gasteiger partial charge in [-0.3, -0.25) is 4.79 Å². The number of halogens is 1. The highest BCUT2D eigenvalue weighted by Gasteiger charge is 2.28. The van der Waals surface area contributed by atoms with Crippen LogP contribution in [0.2, 0.25) is 0 Å². The zero-order chi connectivity index (χ0) is 12.1. The quantitative estimate of drug-likeness (QED) is 0.847. The maximum Gasteiger partial charge on any atom is 0.222 e. The molecule has 0 aliphatic carbocycles. The molecule has 2 unspecified atom stereocenters. The topological polar surface area (TPSA) is 46.3 Å². The standard InChI is InChI=1S/C13H26N2O.ClH/c1-10(2)12-6-4-5-9-15(12)13(16)8-7-11(3)14;/h10-12H,4-9,14H2,1-3H3;1H. The molecule has 17 heavy (non-hydrogen) atoms. The first-order valence-corrected chi connectivity index (χ1v) is 6.57. The van der Waals surface area contributed by atoms with Crippen LogP contribution in [0, 0.1) is 5.92 Å². The molecule has 0 bridgehead atoms. The van der Waals surface area contributed by atoms with Gasteiger partial charge in [0.15, 0.2) is 0 Å². The summed E-state index contributed by atoms with van der Waals surface area (Å²) in [5, 5.41) is 0. The molecule has 2 N–H and O–H groups in total. The number of carbonyl (C=O) groups excluding carboxylic acids is 1. The third-order valence-electron chi connectivity index (χ3n) is 3.45. The van der Waals surface area contributed by atoms with Gasteiger partial charge in [-0.15, -0.1) is 12.4 Å². The second-order valence-corrected chi connectivity index (χ2v) is 5.41. The van der Waals surface area contributed by atoms with Crippen molar-refractivity contribution in [3.8, 4) is 0 Å². The van der Waals surface area contributed by atoms with Crippen molar-refractivity contribution in [3.05, 3.63) is 0 Å². The highest BCUT2D eigenvalue weighted by atomic mass is 35.5. The van der Waals surface area contributed by atoms with Crippen molar-refractivity contribution in [2.24, 2.45) is 11.7 Å². The fourth-order valence-corrected chi connectivity index (χ4v) is 2.45. The largest absolute Gasteiger partial charge is 0.339 e. The van der Waals surface area contributed by atoms with E-state index < -0.39 is 0 Å². The first-order chi connectivity index (χ1) is 7.52. The van der Waals surface area contributed by atoms with Crippen LogP contribution >= 0.6 is 12.4 Å². The normalized spacial score (nSPS) is 22.2. The highest BCUT2D eigenvalue weighted by molar-refractivity contribution is 5.85. The second kappa shape index (κ2) is 7.93. The van der Waals surface area contributed by atoms with E-state index in [0.29, 0.717) is 24.3 Å². The summed E-state index contributed by atoms with van der Waals surface area (Å²) in [7, 11) is 0. The van der Waals surface area contributed by atoms with E-state index in [1.165, 1.54) is 12.8 Å². The second-order valence-electron chi connectivity index (χ2n) is 5.41. The van der Waals surface area contributed by atoms with Crippen LogP contribution in [0.4, 0.5) is 0 Å². The Kier molecular flexibility index (Phi) is 7.80. The number of piperidine rings is 1. The molecule has 0 saturated carbocycles. The van der Waals surface area contributed by atoms with Crippen molar-refractivity contribution < 1.29 is 4.79 Å². The zero-order valence-corrected chi connectivity index (χ0v) is 12.1. The van der Waals surface area contributed by atoms with Crippen LogP contribution in [-0.2, 0) is 4.79 Å². The average molecular weight is 263 g/mol. The maximum absolute atomic E-state index is 12.1. The Hall–Kier alpha value is -0.280. The molecule has 0 aromatic heterocycles. The minimum atomic E-state index is 0. The van der Waals surface area contributed by atoms with Crippen molar-refractivity contribution in [2.45, 2.75) is 65.0 Å². The Morgan fingerprint density at radius 1 is 1.35 bits per heavy atom. The minimum absolute atomic E-state index is 0. The molecule has 1 amide bonds. The van der Waals surface area contributed by atoms with Gasteiger partial charge in [0, 0.05) is 25.0 Å². The number of amides is 1. The van der Waals surface area contributed by atoms with Crippen molar-refractivity contribution >= 4 is 18.3 Å². The van der Waals surface area contributed by atoms with Crippen molar-refractivity contribution in [3.63, 3.8) is 0 Å². The molecule has 102 valence electrons. The van der Waals surface area contributed by atoms with Crippen LogP contribution < -0.4 is 5.73 Å². The lowest BCUT2D eigenvalue weighted by atomic mass is 9.92. The molecule has 1 fully saturated rings. The van der Waals surface area contributed by atoms with E-state index in [9.17, 15) is 4.79 Å². The first-order valence-electron chi connectivity index (χ1n) is 6.57. The Labute approximate surface area is 112 Å². The predicted octanol–water partition coefficient (Wildman–Crippen LogP) is 2.57. The summed E-state index contributed by atoms with van der Waals surface area (Å²) in [4.78, 5) is 14.2. The lowest BCUT2D eigenvalue weighted by molar-refractivity contribution is -0.136. The molecule has 0 aromatic carbocycles. The van der Waals surface area contributed by atoms with Gasteiger partial charge in [-0.1, -0.05) is 13.8 Å². The summed E-state index contributed by atoms with van der Waals surface area (Å²) in [6, 6.07) is 0.584. The molecule has 1 saturated heterocycles. The number of rotatable bonds is 4. The number of nitrogens with two attached hydrogens (primary N) is 1. The van der Waals surface area contributed by atoms with E-state index >= 15 is 0 Å². The molecular formula is C13H27ClN2O. The fraction of sp³-hybridized carbons (Fsp3) is 0.923. The van der Waals surface area contributed by atoms with E-state index in [1.807, 2.05) is 6.92 Å². The van der Waals surface area contributed by atoms with Crippen LogP contribution in [-0.4, -0.2) is 29.4 Å². The molecule has 1 rings (SSSR count). The lowest BCUT2D eigenvalue weighted by Gasteiger charge is -2.38. The number of hydrogen-bond donors (Lipinski definition) is 1. The Morgan fingerprint density at radius 2 is 2.00 bits per heavy atom. The molecule has 0 spiro atoms. The van der Waals surface area contributed by atoms with E-state index in [-0.39, 0.29) is 18.4 Å². The average Bonchev–Trinajstić information content (AvgIpc) is 2.25. The van der Waals surface area contributed by atoms with E-state index in [2.05, 4.69) is 18.7 Å². The monoisotopic (exact) mass is 262 g/mol. The van der Waals surface area contributed by atoms with Crippen LogP contribution in [0.5, 0.6) is 0 Å². The van der Waals surface area contributed by atoms with Crippen molar-refractivity contribution in [1.29, 1.82) is 0 Å². The summed E-state index contributed by atoms with van der Waals surface area (Å²) in [5.41, 5.74) is 5.69. The molecule has 2 atom stereocenters. The molecule has 0 radical (unpaired) electrons.